The van der Waals surface area contributed by atoms with Crippen LogP contribution in [-0.4, -0.2) is 35.3 Å². The van der Waals surface area contributed by atoms with Crippen molar-refractivity contribution in [3.63, 3.8) is 0 Å². The van der Waals surface area contributed by atoms with Crippen LogP contribution in [0.3, 0.4) is 0 Å². The molecule has 0 aromatic carbocycles. The van der Waals surface area contributed by atoms with Crippen molar-refractivity contribution in [2.75, 3.05) is 12.8 Å². The molecule has 2 nitrogen and oxygen atoms in total. The fourth-order valence-electron chi connectivity index (χ4n) is 3.02. The standard InChI is InChI=1S/C15H31NOS/c1-8-11(2)18-10-13(16-7)12-9-14(3,4)17-15(12,5)6/h11-13,16H,8-10H2,1-7H3. The van der Waals surface area contributed by atoms with E-state index >= 15 is 0 Å². The molecule has 3 unspecified atom stereocenters. The largest absolute Gasteiger partial charge is 0.369 e. The Bertz CT molecular complexity index is 265. The lowest BCUT2D eigenvalue weighted by atomic mass is 9.82. The summed E-state index contributed by atoms with van der Waals surface area (Å²) in [6.45, 7) is 13.5. The van der Waals surface area contributed by atoms with Crippen molar-refractivity contribution >= 4 is 11.8 Å². The highest BCUT2D eigenvalue weighted by molar-refractivity contribution is 7.99. The lowest BCUT2D eigenvalue weighted by Gasteiger charge is -2.33. The Morgan fingerprint density at radius 1 is 1.33 bits per heavy atom. The van der Waals surface area contributed by atoms with Gasteiger partial charge in [-0.2, -0.15) is 11.8 Å². The Morgan fingerprint density at radius 3 is 2.33 bits per heavy atom. The molecule has 0 amide bonds. The molecule has 1 aliphatic heterocycles. The van der Waals surface area contributed by atoms with Gasteiger partial charge in [0, 0.05) is 23.0 Å². The second kappa shape index (κ2) is 6.15. The number of ether oxygens (including phenoxy) is 1. The molecule has 0 aromatic heterocycles. The predicted molar refractivity (Wildman–Crippen MR) is 82.4 cm³/mol. The molecule has 1 N–H and O–H groups in total. The van der Waals surface area contributed by atoms with E-state index in [1.807, 2.05) is 0 Å². The topological polar surface area (TPSA) is 21.3 Å². The highest BCUT2D eigenvalue weighted by Crippen LogP contribution is 2.44. The van der Waals surface area contributed by atoms with Crippen LogP contribution in [0.4, 0.5) is 0 Å². The minimum atomic E-state index is -0.0206. The molecule has 1 fully saturated rings. The van der Waals surface area contributed by atoms with Crippen LogP contribution in [0.25, 0.3) is 0 Å². The number of thioether (sulfide) groups is 1. The summed E-state index contributed by atoms with van der Waals surface area (Å²) in [6, 6.07) is 0.542. The molecular weight excluding hydrogens is 242 g/mol. The average Bonchev–Trinajstić information content (AvgIpc) is 2.47. The van der Waals surface area contributed by atoms with Crippen molar-refractivity contribution < 1.29 is 4.74 Å². The van der Waals surface area contributed by atoms with Crippen LogP contribution in [0.2, 0.25) is 0 Å². The van der Waals surface area contributed by atoms with E-state index in [1.54, 1.807) is 0 Å². The normalized spacial score (nSPS) is 29.2. The van der Waals surface area contributed by atoms with Crippen LogP contribution >= 0.6 is 11.8 Å². The maximum atomic E-state index is 6.22. The smallest absolute Gasteiger partial charge is 0.0678 e. The van der Waals surface area contributed by atoms with Gasteiger partial charge in [-0.05, 0) is 47.6 Å². The minimum absolute atomic E-state index is 0.0182. The third-order valence-electron chi connectivity index (χ3n) is 4.14. The zero-order valence-electron chi connectivity index (χ0n) is 13.2. The molecule has 0 spiro atoms. The van der Waals surface area contributed by atoms with Crippen molar-refractivity contribution in [1.82, 2.24) is 5.32 Å². The van der Waals surface area contributed by atoms with E-state index in [-0.39, 0.29) is 11.2 Å². The third kappa shape index (κ3) is 4.14. The zero-order chi connectivity index (χ0) is 14.0. The van der Waals surface area contributed by atoms with Crippen molar-refractivity contribution in [2.24, 2.45) is 5.92 Å². The maximum Gasteiger partial charge on any atom is 0.0678 e. The van der Waals surface area contributed by atoms with Gasteiger partial charge in [0.2, 0.25) is 0 Å². The monoisotopic (exact) mass is 273 g/mol. The van der Waals surface area contributed by atoms with Gasteiger partial charge in [-0.1, -0.05) is 13.8 Å². The summed E-state index contributed by atoms with van der Waals surface area (Å²) in [6.07, 6.45) is 2.39. The molecule has 0 bridgehead atoms. The summed E-state index contributed by atoms with van der Waals surface area (Å²) in [4.78, 5) is 0. The van der Waals surface area contributed by atoms with Gasteiger partial charge >= 0.3 is 0 Å². The summed E-state index contributed by atoms with van der Waals surface area (Å²) < 4.78 is 6.22. The van der Waals surface area contributed by atoms with Gasteiger partial charge < -0.3 is 10.1 Å². The average molecular weight is 273 g/mol. The van der Waals surface area contributed by atoms with E-state index in [2.05, 4.69) is 65.7 Å². The van der Waals surface area contributed by atoms with Crippen molar-refractivity contribution in [2.45, 2.75) is 76.9 Å². The van der Waals surface area contributed by atoms with E-state index < -0.39 is 0 Å². The first-order valence-electron chi connectivity index (χ1n) is 7.21. The van der Waals surface area contributed by atoms with Crippen LogP contribution in [-0.2, 0) is 4.74 Å². The van der Waals surface area contributed by atoms with Gasteiger partial charge in [-0.25, -0.2) is 0 Å². The Hall–Kier alpha value is 0.270. The second-order valence-corrected chi connectivity index (χ2v) is 8.19. The first kappa shape index (κ1) is 16.3. The van der Waals surface area contributed by atoms with Crippen LogP contribution < -0.4 is 5.32 Å². The Kier molecular flexibility index (Phi) is 5.58. The molecule has 0 aliphatic carbocycles. The molecule has 108 valence electrons. The van der Waals surface area contributed by atoms with Gasteiger partial charge in [0.15, 0.2) is 0 Å². The lowest BCUT2D eigenvalue weighted by Crippen LogP contribution is -2.44. The second-order valence-electron chi connectivity index (χ2n) is 6.72. The van der Waals surface area contributed by atoms with Crippen LogP contribution in [0.1, 0.15) is 54.4 Å². The van der Waals surface area contributed by atoms with Crippen LogP contribution in [0.5, 0.6) is 0 Å². The summed E-state index contributed by atoms with van der Waals surface area (Å²) in [5.41, 5.74) is -0.00249. The third-order valence-corrected chi connectivity index (χ3v) is 5.59. The SMILES string of the molecule is CCC(C)SCC(NC)C1CC(C)(C)OC1(C)C. The summed E-state index contributed by atoms with van der Waals surface area (Å²) in [5.74, 6) is 1.77. The Labute approximate surface area is 118 Å². The van der Waals surface area contributed by atoms with Crippen LogP contribution in [0.15, 0.2) is 0 Å². The Morgan fingerprint density at radius 2 is 1.94 bits per heavy atom. The van der Waals surface area contributed by atoms with Gasteiger partial charge in [-0.3, -0.25) is 0 Å². The fourth-order valence-corrected chi connectivity index (χ4v) is 4.19. The first-order chi connectivity index (χ1) is 8.22. The van der Waals surface area contributed by atoms with Gasteiger partial charge in [0.25, 0.3) is 0 Å². The maximum absolute atomic E-state index is 6.22. The van der Waals surface area contributed by atoms with Crippen molar-refractivity contribution in [3.05, 3.63) is 0 Å². The summed E-state index contributed by atoms with van der Waals surface area (Å²) in [5, 5.41) is 4.27. The van der Waals surface area contributed by atoms with Crippen molar-refractivity contribution in [1.29, 1.82) is 0 Å². The van der Waals surface area contributed by atoms with Crippen LogP contribution in [0, 0.1) is 5.92 Å². The molecular formula is C15H31NOS. The summed E-state index contributed by atoms with van der Waals surface area (Å²) >= 11 is 2.08. The van der Waals surface area contributed by atoms with E-state index in [1.165, 1.54) is 12.2 Å². The van der Waals surface area contributed by atoms with E-state index in [0.29, 0.717) is 12.0 Å². The fraction of sp³-hybridized carbons (Fsp3) is 1.00. The Balaban J connectivity index is 2.64. The number of rotatable bonds is 6. The van der Waals surface area contributed by atoms with E-state index in [9.17, 15) is 0 Å². The molecule has 1 heterocycles. The summed E-state index contributed by atoms with van der Waals surface area (Å²) in [7, 11) is 2.09. The van der Waals surface area contributed by atoms with E-state index in [0.717, 1.165) is 11.7 Å². The minimum Gasteiger partial charge on any atom is -0.369 e. The van der Waals surface area contributed by atoms with Gasteiger partial charge in [-0.15, -0.1) is 0 Å². The molecule has 1 saturated heterocycles. The van der Waals surface area contributed by atoms with E-state index in [4.69, 9.17) is 4.74 Å². The highest BCUT2D eigenvalue weighted by atomic mass is 32.2. The predicted octanol–water partition coefficient (Wildman–Crippen LogP) is 3.70. The quantitative estimate of drug-likeness (QED) is 0.797. The highest BCUT2D eigenvalue weighted by Gasteiger charge is 2.48. The molecule has 18 heavy (non-hydrogen) atoms. The number of hydrogen-bond donors (Lipinski definition) is 1. The van der Waals surface area contributed by atoms with Gasteiger partial charge in [0.1, 0.15) is 0 Å². The lowest BCUT2D eigenvalue weighted by molar-refractivity contribution is -0.0767. The number of nitrogens with one attached hydrogen (secondary N) is 1. The number of hydrogen-bond acceptors (Lipinski definition) is 3. The molecule has 0 radical (unpaired) electrons. The zero-order valence-corrected chi connectivity index (χ0v) is 14.0. The molecule has 0 aromatic rings. The molecule has 0 saturated carbocycles. The molecule has 3 atom stereocenters. The van der Waals surface area contributed by atoms with Gasteiger partial charge in [0.05, 0.1) is 11.2 Å². The van der Waals surface area contributed by atoms with Crippen molar-refractivity contribution in [3.8, 4) is 0 Å². The molecule has 1 rings (SSSR count). The molecule has 3 heteroatoms. The first-order valence-corrected chi connectivity index (χ1v) is 8.25. The molecule has 1 aliphatic rings.